The molecule has 15 heavy (non-hydrogen) atoms. The van der Waals surface area contributed by atoms with Crippen LogP contribution in [0.25, 0.3) is 0 Å². The lowest BCUT2D eigenvalue weighted by Gasteiger charge is -2.03. The summed E-state index contributed by atoms with van der Waals surface area (Å²) in [5.74, 6) is 1.44. The molecule has 3 heteroatoms. The van der Waals surface area contributed by atoms with Crippen LogP contribution in [0.2, 0.25) is 0 Å². The van der Waals surface area contributed by atoms with E-state index in [9.17, 15) is 4.79 Å². The van der Waals surface area contributed by atoms with Crippen LogP contribution >= 0.6 is 0 Å². The van der Waals surface area contributed by atoms with Crippen LogP contribution in [0.4, 0.5) is 0 Å². The molecule has 0 aliphatic heterocycles. The van der Waals surface area contributed by atoms with Crippen molar-refractivity contribution in [2.45, 2.75) is 39.5 Å². The Morgan fingerprint density at radius 2 is 2.07 bits per heavy atom. The molecule has 0 unspecified atom stereocenters. The number of hydrogen-bond donors (Lipinski definition) is 0. The van der Waals surface area contributed by atoms with E-state index >= 15 is 0 Å². The number of ketones is 1. The second-order valence-electron chi connectivity index (χ2n) is 4.17. The van der Waals surface area contributed by atoms with Gasteiger partial charge in [0.25, 0.3) is 0 Å². The Bertz CT molecular complexity index is 383. The fraction of sp³-hybridized carbons (Fsp3) is 0.583. The highest BCUT2D eigenvalue weighted by atomic mass is 16.1. The van der Waals surface area contributed by atoms with Crippen molar-refractivity contribution in [2.24, 2.45) is 5.92 Å². The van der Waals surface area contributed by atoms with E-state index in [1.165, 1.54) is 0 Å². The van der Waals surface area contributed by atoms with E-state index in [0.717, 1.165) is 36.5 Å². The van der Waals surface area contributed by atoms with Gasteiger partial charge >= 0.3 is 0 Å². The third kappa shape index (κ3) is 2.61. The molecule has 0 spiro atoms. The van der Waals surface area contributed by atoms with Gasteiger partial charge in [-0.15, -0.1) is 0 Å². The summed E-state index contributed by atoms with van der Waals surface area (Å²) in [7, 11) is 0. The van der Waals surface area contributed by atoms with Gasteiger partial charge in [0.2, 0.25) is 0 Å². The maximum atomic E-state index is 11.6. The number of hydrogen-bond acceptors (Lipinski definition) is 3. The number of aryl methyl sites for hydroxylation is 2. The molecule has 0 bridgehead atoms. The topological polar surface area (TPSA) is 42.9 Å². The zero-order chi connectivity index (χ0) is 10.8. The second-order valence-corrected chi connectivity index (χ2v) is 4.17. The maximum absolute atomic E-state index is 11.6. The minimum Gasteiger partial charge on any atom is -0.299 e. The molecule has 0 radical (unpaired) electrons. The number of nitrogens with zero attached hydrogens (tertiary/aromatic N) is 2. The van der Waals surface area contributed by atoms with Gasteiger partial charge in [-0.2, -0.15) is 0 Å². The van der Waals surface area contributed by atoms with E-state index in [1.807, 2.05) is 13.0 Å². The molecular formula is C12H16N2O. The first-order valence-corrected chi connectivity index (χ1v) is 5.55. The fourth-order valence-corrected chi connectivity index (χ4v) is 1.70. The second kappa shape index (κ2) is 4.09. The molecule has 0 aromatic carbocycles. The van der Waals surface area contributed by atoms with E-state index in [1.54, 1.807) is 0 Å². The summed E-state index contributed by atoms with van der Waals surface area (Å²) in [6, 6.07) is 1.95. The van der Waals surface area contributed by atoms with Crippen LogP contribution < -0.4 is 0 Å². The molecule has 1 heterocycles. The van der Waals surface area contributed by atoms with Gasteiger partial charge in [0.1, 0.15) is 11.6 Å². The summed E-state index contributed by atoms with van der Waals surface area (Å²) >= 11 is 0. The Labute approximate surface area is 89.9 Å². The van der Waals surface area contributed by atoms with E-state index in [-0.39, 0.29) is 0 Å². The van der Waals surface area contributed by atoms with Crippen molar-refractivity contribution in [1.29, 1.82) is 0 Å². The third-order valence-corrected chi connectivity index (χ3v) is 2.69. The molecule has 1 saturated carbocycles. The lowest BCUT2D eigenvalue weighted by Crippen LogP contribution is -2.08. The van der Waals surface area contributed by atoms with Crippen molar-refractivity contribution in [3.63, 3.8) is 0 Å². The Hall–Kier alpha value is -1.25. The van der Waals surface area contributed by atoms with Gasteiger partial charge < -0.3 is 0 Å². The molecule has 0 atom stereocenters. The van der Waals surface area contributed by atoms with Crippen LogP contribution in [0, 0.1) is 12.8 Å². The lowest BCUT2D eigenvalue weighted by atomic mass is 10.1. The van der Waals surface area contributed by atoms with Crippen LogP contribution in [0.5, 0.6) is 0 Å². The minimum absolute atomic E-state index is 0.324. The Morgan fingerprint density at radius 1 is 1.40 bits per heavy atom. The summed E-state index contributed by atoms with van der Waals surface area (Å²) < 4.78 is 0. The van der Waals surface area contributed by atoms with Crippen LogP contribution in [0.15, 0.2) is 6.07 Å². The zero-order valence-electron chi connectivity index (χ0n) is 9.29. The summed E-state index contributed by atoms with van der Waals surface area (Å²) in [5.41, 5.74) is 1.91. The number of carbonyl (C=O) groups is 1. The van der Waals surface area contributed by atoms with Gasteiger partial charge in [0.15, 0.2) is 0 Å². The maximum Gasteiger partial charge on any atom is 0.141 e. The van der Waals surface area contributed by atoms with Crippen molar-refractivity contribution in [1.82, 2.24) is 9.97 Å². The molecule has 1 aliphatic rings. The Balaban J connectivity index is 2.12. The average molecular weight is 204 g/mol. The average Bonchev–Trinajstić information content (AvgIpc) is 2.99. The first-order chi connectivity index (χ1) is 7.19. The van der Waals surface area contributed by atoms with Crippen LogP contribution in [-0.4, -0.2) is 15.8 Å². The van der Waals surface area contributed by atoms with Crippen molar-refractivity contribution < 1.29 is 4.79 Å². The Kier molecular flexibility index (Phi) is 2.80. The molecule has 0 amide bonds. The van der Waals surface area contributed by atoms with Gasteiger partial charge in [0, 0.05) is 18.0 Å². The molecule has 3 nitrogen and oxygen atoms in total. The Morgan fingerprint density at radius 3 is 2.67 bits per heavy atom. The summed E-state index contributed by atoms with van der Waals surface area (Å²) in [4.78, 5) is 20.2. The first-order valence-electron chi connectivity index (χ1n) is 5.55. The molecule has 1 fully saturated rings. The summed E-state index contributed by atoms with van der Waals surface area (Å²) in [6.45, 7) is 3.94. The highest BCUT2D eigenvalue weighted by Gasteiger charge is 2.29. The molecule has 80 valence electrons. The largest absolute Gasteiger partial charge is 0.299 e. The standard InChI is InChI=1S/C12H16N2O/c1-3-10-6-11(14-8(2)13-10)7-12(15)9-4-5-9/h6,9H,3-5,7H2,1-2H3. The van der Waals surface area contributed by atoms with Gasteiger partial charge in [-0.3, -0.25) is 4.79 Å². The normalized spacial score (nSPS) is 15.3. The highest BCUT2D eigenvalue weighted by Crippen LogP contribution is 2.30. The quantitative estimate of drug-likeness (QED) is 0.752. The van der Waals surface area contributed by atoms with Crippen LogP contribution in [0.1, 0.15) is 37.0 Å². The van der Waals surface area contributed by atoms with E-state index in [2.05, 4.69) is 16.9 Å². The number of aromatic nitrogens is 2. The van der Waals surface area contributed by atoms with Gasteiger partial charge in [-0.1, -0.05) is 6.92 Å². The van der Waals surface area contributed by atoms with Gasteiger partial charge in [-0.05, 0) is 32.3 Å². The van der Waals surface area contributed by atoms with Crippen molar-refractivity contribution >= 4 is 5.78 Å². The predicted molar refractivity (Wildman–Crippen MR) is 57.6 cm³/mol. The van der Waals surface area contributed by atoms with E-state index < -0.39 is 0 Å². The molecule has 1 aromatic heterocycles. The monoisotopic (exact) mass is 204 g/mol. The number of rotatable bonds is 4. The first kappa shape index (κ1) is 10.3. The summed E-state index contributed by atoms with van der Waals surface area (Å²) in [5, 5.41) is 0. The van der Waals surface area contributed by atoms with E-state index in [0.29, 0.717) is 18.1 Å². The highest BCUT2D eigenvalue weighted by molar-refractivity contribution is 5.84. The molecule has 0 N–H and O–H groups in total. The fourth-order valence-electron chi connectivity index (χ4n) is 1.70. The minimum atomic E-state index is 0.324. The SMILES string of the molecule is CCc1cc(CC(=O)C2CC2)nc(C)n1. The lowest BCUT2D eigenvalue weighted by molar-refractivity contribution is -0.119. The molecule has 1 aromatic rings. The molecule has 1 aliphatic carbocycles. The number of carbonyl (C=O) groups excluding carboxylic acids is 1. The van der Waals surface area contributed by atoms with Crippen molar-refractivity contribution in [3.8, 4) is 0 Å². The van der Waals surface area contributed by atoms with Crippen LogP contribution in [-0.2, 0) is 17.6 Å². The summed E-state index contributed by atoms with van der Waals surface area (Å²) in [6.07, 6.45) is 3.53. The molecule has 2 rings (SSSR count). The van der Waals surface area contributed by atoms with Crippen molar-refractivity contribution in [2.75, 3.05) is 0 Å². The zero-order valence-corrected chi connectivity index (χ0v) is 9.29. The van der Waals surface area contributed by atoms with Crippen molar-refractivity contribution in [3.05, 3.63) is 23.3 Å². The van der Waals surface area contributed by atoms with E-state index in [4.69, 9.17) is 0 Å². The van der Waals surface area contributed by atoms with Gasteiger partial charge in [-0.25, -0.2) is 9.97 Å². The smallest absolute Gasteiger partial charge is 0.141 e. The predicted octanol–water partition coefficient (Wildman–Crippen LogP) is 1.87. The number of Topliss-reactive ketones (excluding diaryl/α,β-unsaturated/α-hetero) is 1. The van der Waals surface area contributed by atoms with Gasteiger partial charge in [0.05, 0.1) is 5.69 Å². The third-order valence-electron chi connectivity index (χ3n) is 2.69. The molecular weight excluding hydrogens is 188 g/mol. The van der Waals surface area contributed by atoms with Crippen LogP contribution in [0.3, 0.4) is 0 Å². The molecule has 0 saturated heterocycles.